The van der Waals surface area contributed by atoms with Crippen molar-refractivity contribution in [3.05, 3.63) is 55.9 Å². The summed E-state index contributed by atoms with van der Waals surface area (Å²) in [6, 6.07) is 6.82. The minimum absolute atomic E-state index is 0.232. The van der Waals surface area contributed by atoms with Gasteiger partial charge in [0.2, 0.25) is 0 Å². The van der Waals surface area contributed by atoms with Crippen molar-refractivity contribution in [2.24, 2.45) is 5.73 Å². The van der Waals surface area contributed by atoms with Gasteiger partial charge in [0.25, 0.3) is 0 Å². The van der Waals surface area contributed by atoms with Gasteiger partial charge in [0.15, 0.2) is 0 Å². The number of thiophene rings is 1. The maximum atomic E-state index is 13.8. The summed E-state index contributed by atoms with van der Waals surface area (Å²) in [4.78, 5) is 3.57. The molecule has 1 aromatic heterocycles. The summed E-state index contributed by atoms with van der Waals surface area (Å²) in [5.41, 5.74) is 6.88. The summed E-state index contributed by atoms with van der Waals surface area (Å²) in [7, 11) is 1.96. The Balaban J connectivity index is 2.08. The van der Waals surface area contributed by atoms with E-state index >= 15 is 0 Å². The van der Waals surface area contributed by atoms with Gasteiger partial charge in [-0.15, -0.1) is 11.3 Å². The average molecular weight is 373 g/mol. The van der Waals surface area contributed by atoms with E-state index in [4.69, 9.17) is 18.0 Å². The van der Waals surface area contributed by atoms with Gasteiger partial charge >= 0.3 is 0 Å². The van der Waals surface area contributed by atoms with Crippen molar-refractivity contribution in [3.8, 4) is 0 Å². The van der Waals surface area contributed by atoms with Crippen LogP contribution < -0.4 is 5.73 Å². The standard InChI is InChI=1S/C14H14BrFN2S2/c1-18(7-12-5-11(15)8-20-12)6-10-4-9(14(17)19)2-3-13(10)16/h2-5,8H,6-7H2,1H3,(H2,17,19). The minimum Gasteiger partial charge on any atom is -0.389 e. The van der Waals surface area contributed by atoms with Crippen LogP contribution in [0.3, 0.4) is 0 Å². The first-order valence-electron chi connectivity index (χ1n) is 5.95. The second-order valence-electron chi connectivity index (χ2n) is 4.57. The van der Waals surface area contributed by atoms with E-state index < -0.39 is 0 Å². The molecule has 0 saturated carbocycles. The van der Waals surface area contributed by atoms with Crippen LogP contribution in [0.1, 0.15) is 16.0 Å². The molecule has 0 fully saturated rings. The molecule has 2 rings (SSSR count). The molecule has 106 valence electrons. The van der Waals surface area contributed by atoms with Gasteiger partial charge in [-0.25, -0.2) is 4.39 Å². The third-order valence-electron chi connectivity index (χ3n) is 2.82. The van der Waals surface area contributed by atoms with Gasteiger partial charge in [0, 0.05) is 38.9 Å². The fourth-order valence-corrected chi connectivity index (χ4v) is 3.56. The maximum Gasteiger partial charge on any atom is 0.127 e. The zero-order valence-electron chi connectivity index (χ0n) is 10.9. The van der Waals surface area contributed by atoms with Gasteiger partial charge in [-0.2, -0.15) is 0 Å². The smallest absolute Gasteiger partial charge is 0.127 e. The van der Waals surface area contributed by atoms with Crippen molar-refractivity contribution in [3.63, 3.8) is 0 Å². The molecule has 0 spiro atoms. The number of rotatable bonds is 5. The Morgan fingerprint density at radius 1 is 1.40 bits per heavy atom. The van der Waals surface area contributed by atoms with Crippen molar-refractivity contribution >= 4 is 44.5 Å². The molecule has 20 heavy (non-hydrogen) atoms. The number of nitrogens with zero attached hydrogens (tertiary/aromatic N) is 1. The van der Waals surface area contributed by atoms with E-state index in [0.717, 1.165) is 11.0 Å². The van der Waals surface area contributed by atoms with Gasteiger partial charge in [-0.3, -0.25) is 4.90 Å². The lowest BCUT2D eigenvalue weighted by Gasteiger charge is -2.16. The van der Waals surface area contributed by atoms with E-state index in [0.29, 0.717) is 17.7 Å². The first kappa shape index (κ1) is 15.6. The molecule has 2 aromatic rings. The van der Waals surface area contributed by atoms with Crippen LogP contribution in [0.4, 0.5) is 4.39 Å². The Morgan fingerprint density at radius 2 is 2.15 bits per heavy atom. The lowest BCUT2D eigenvalue weighted by molar-refractivity contribution is 0.316. The fraction of sp³-hybridized carbons (Fsp3) is 0.214. The number of nitrogens with two attached hydrogens (primary N) is 1. The lowest BCUT2D eigenvalue weighted by Crippen LogP contribution is -2.18. The van der Waals surface area contributed by atoms with E-state index in [-0.39, 0.29) is 10.8 Å². The largest absolute Gasteiger partial charge is 0.389 e. The Kier molecular flexibility index (Phi) is 5.26. The monoisotopic (exact) mass is 372 g/mol. The second kappa shape index (κ2) is 6.76. The second-order valence-corrected chi connectivity index (χ2v) is 6.93. The Bertz CT molecular complexity index is 627. The van der Waals surface area contributed by atoms with E-state index in [1.165, 1.54) is 10.9 Å². The number of hydrogen-bond acceptors (Lipinski definition) is 3. The zero-order chi connectivity index (χ0) is 14.7. The van der Waals surface area contributed by atoms with Crippen LogP contribution >= 0.6 is 39.5 Å². The Morgan fingerprint density at radius 3 is 2.75 bits per heavy atom. The summed E-state index contributed by atoms with van der Waals surface area (Å²) in [6.07, 6.45) is 0. The van der Waals surface area contributed by atoms with E-state index in [9.17, 15) is 4.39 Å². The van der Waals surface area contributed by atoms with Crippen LogP contribution in [-0.4, -0.2) is 16.9 Å². The third kappa shape index (κ3) is 4.09. The van der Waals surface area contributed by atoms with Crippen molar-refractivity contribution in [2.75, 3.05) is 7.05 Å². The topological polar surface area (TPSA) is 29.3 Å². The first-order chi connectivity index (χ1) is 9.45. The molecule has 6 heteroatoms. The highest BCUT2D eigenvalue weighted by Crippen LogP contribution is 2.22. The lowest BCUT2D eigenvalue weighted by atomic mass is 10.1. The molecule has 2 N–H and O–H groups in total. The molecular formula is C14H14BrFN2S2. The Hall–Kier alpha value is -0.820. The van der Waals surface area contributed by atoms with E-state index in [1.54, 1.807) is 23.5 Å². The quantitative estimate of drug-likeness (QED) is 0.806. The van der Waals surface area contributed by atoms with Gasteiger partial charge in [0.05, 0.1) is 0 Å². The highest BCUT2D eigenvalue weighted by atomic mass is 79.9. The highest BCUT2D eigenvalue weighted by Gasteiger charge is 2.09. The van der Waals surface area contributed by atoms with Crippen LogP contribution in [0.25, 0.3) is 0 Å². The fourth-order valence-electron chi connectivity index (χ4n) is 1.90. The van der Waals surface area contributed by atoms with Crippen molar-refractivity contribution in [1.29, 1.82) is 0 Å². The predicted octanol–water partition coefficient (Wildman–Crippen LogP) is 3.92. The SMILES string of the molecule is CN(Cc1cc(Br)cs1)Cc1cc(C(N)=S)ccc1F. The third-order valence-corrected chi connectivity index (χ3v) is 4.74. The summed E-state index contributed by atoms with van der Waals surface area (Å²) < 4.78 is 14.9. The molecule has 0 bridgehead atoms. The summed E-state index contributed by atoms with van der Waals surface area (Å²) in [5.74, 6) is -0.232. The summed E-state index contributed by atoms with van der Waals surface area (Å²) >= 11 is 10.0. The summed E-state index contributed by atoms with van der Waals surface area (Å²) in [5, 5.41) is 2.04. The maximum absolute atomic E-state index is 13.8. The van der Waals surface area contributed by atoms with Crippen molar-refractivity contribution in [2.45, 2.75) is 13.1 Å². The average Bonchev–Trinajstić information content (AvgIpc) is 2.77. The molecule has 0 unspecified atom stereocenters. The number of thiocarbonyl (C=S) groups is 1. The molecule has 2 nitrogen and oxygen atoms in total. The number of benzene rings is 1. The highest BCUT2D eigenvalue weighted by molar-refractivity contribution is 9.10. The van der Waals surface area contributed by atoms with Crippen molar-refractivity contribution < 1.29 is 4.39 Å². The van der Waals surface area contributed by atoms with E-state index in [2.05, 4.69) is 26.9 Å². The zero-order valence-corrected chi connectivity index (χ0v) is 14.1. The van der Waals surface area contributed by atoms with Gasteiger partial charge in [-0.05, 0) is 47.2 Å². The van der Waals surface area contributed by atoms with Gasteiger partial charge < -0.3 is 5.73 Å². The van der Waals surface area contributed by atoms with Crippen molar-refractivity contribution in [1.82, 2.24) is 4.90 Å². The molecule has 1 aromatic carbocycles. The molecular weight excluding hydrogens is 359 g/mol. The summed E-state index contributed by atoms with van der Waals surface area (Å²) in [6.45, 7) is 1.28. The number of halogens is 2. The van der Waals surface area contributed by atoms with Crippen LogP contribution in [0, 0.1) is 5.82 Å². The molecule has 0 aliphatic heterocycles. The molecule has 0 aliphatic rings. The molecule has 1 heterocycles. The molecule has 0 saturated heterocycles. The predicted molar refractivity (Wildman–Crippen MR) is 89.5 cm³/mol. The first-order valence-corrected chi connectivity index (χ1v) is 8.03. The van der Waals surface area contributed by atoms with E-state index in [1.807, 2.05) is 12.4 Å². The van der Waals surface area contributed by atoms with Crippen LogP contribution in [-0.2, 0) is 13.1 Å². The molecule has 0 amide bonds. The van der Waals surface area contributed by atoms with Crippen LogP contribution in [0.5, 0.6) is 0 Å². The minimum atomic E-state index is -0.232. The number of hydrogen-bond donors (Lipinski definition) is 1. The van der Waals surface area contributed by atoms with Gasteiger partial charge in [-0.1, -0.05) is 12.2 Å². The molecule has 0 atom stereocenters. The molecule has 0 aliphatic carbocycles. The van der Waals surface area contributed by atoms with Gasteiger partial charge in [0.1, 0.15) is 10.8 Å². The molecule has 0 radical (unpaired) electrons. The van der Waals surface area contributed by atoms with Crippen LogP contribution in [0.2, 0.25) is 0 Å². The Labute approximate surface area is 135 Å². The van der Waals surface area contributed by atoms with Crippen LogP contribution in [0.15, 0.2) is 34.1 Å². The normalized spacial score (nSPS) is 11.0.